The molecule has 6 heteroatoms. The van der Waals surface area contributed by atoms with E-state index in [-0.39, 0.29) is 24.0 Å². The van der Waals surface area contributed by atoms with Gasteiger partial charge in [0.1, 0.15) is 0 Å². The van der Waals surface area contributed by atoms with Crippen molar-refractivity contribution in [2.45, 2.75) is 38.8 Å². The molecule has 0 saturated heterocycles. The molecule has 5 nitrogen and oxygen atoms in total. The first-order valence-corrected chi connectivity index (χ1v) is 6.81. The number of hydrogen-bond donors (Lipinski definition) is 1. The Morgan fingerprint density at radius 2 is 2.30 bits per heavy atom. The van der Waals surface area contributed by atoms with Gasteiger partial charge in [0.2, 0.25) is 5.88 Å². The fourth-order valence-electron chi connectivity index (χ4n) is 1.80. The quantitative estimate of drug-likeness (QED) is 0.460. The Balaban J connectivity index is 0.00000200. The summed E-state index contributed by atoms with van der Waals surface area (Å²) < 4.78 is 5.60. The van der Waals surface area contributed by atoms with E-state index in [9.17, 15) is 0 Å². The van der Waals surface area contributed by atoms with Crippen LogP contribution in [0.5, 0.6) is 5.88 Å². The molecule has 0 unspecified atom stereocenters. The van der Waals surface area contributed by atoms with Gasteiger partial charge in [-0.1, -0.05) is 13.0 Å². The summed E-state index contributed by atoms with van der Waals surface area (Å²) in [6, 6.07) is 4.45. The number of pyridine rings is 1. The number of hydrogen-bond acceptors (Lipinski definition) is 3. The minimum Gasteiger partial charge on any atom is -0.477 e. The largest absolute Gasteiger partial charge is 0.477 e. The maximum Gasteiger partial charge on any atom is 0.218 e. The molecule has 1 heterocycles. The smallest absolute Gasteiger partial charge is 0.218 e. The van der Waals surface area contributed by atoms with E-state index < -0.39 is 0 Å². The van der Waals surface area contributed by atoms with E-state index >= 15 is 0 Å². The molecule has 20 heavy (non-hydrogen) atoms. The summed E-state index contributed by atoms with van der Waals surface area (Å²) in [6.07, 6.45) is 5.12. The number of aliphatic imine (C=N–C) groups is 1. The Kier molecular flexibility index (Phi) is 7.04. The third-order valence-electron chi connectivity index (χ3n) is 3.16. The first-order valence-electron chi connectivity index (χ1n) is 6.81. The lowest BCUT2D eigenvalue weighted by Crippen LogP contribution is -2.35. The Morgan fingerprint density at radius 3 is 2.95 bits per heavy atom. The number of aromatic nitrogens is 1. The minimum atomic E-state index is 0. The molecule has 1 saturated carbocycles. The molecule has 1 aliphatic carbocycles. The molecule has 0 amide bonds. The van der Waals surface area contributed by atoms with Crippen LogP contribution in [-0.4, -0.2) is 35.5 Å². The average Bonchev–Trinajstić information content (AvgIpc) is 3.27. The van der Waals surface area contributed by atoms with Crippen LogP contribution in [0.25, 0.3) is 0 Å². The molecule has 0 spiro atoms. The van der Waals surface area contributed by atoms with E-state index in [0.29, 0.717) is 31.0 Å². The van der Waals surface area contributed by atoms with E-state index in [1.54, 1.807) is 6.20 Å². The molecular formula is C14H23IN4O. The van der Waals surface area contributed by atoms with Gasteiger partial charge in [0.25, 0.3) is 0 Å². The number of nitrogens with zero attached hydrogens (tertiary/aromatic N) is 3. The van der Waals surface area contributed by atoms with Crippen LogP contribution in [0, 0.1) is 0 Å². The lowest BCUT2D eigenvalue weighted by molar-refractivity contribution is 0.302. The Hall–Kier alpha value is -1.05. The highest BCUT2D eigenvalue weighted by Gasteiger charge is 2.27. The molecule has 0 radical (unpaired) electrons. The second-order valence-electron chi connectivity index (χ2n) is 4.83. The van der Waals surface area contributed by atoms with Crippen molar-refractivity contribution >= 4 is 29.9 Å². The van der Waals surface area contributed by atoms with Crippen LogP contribution < -0.4 is 10.5 Å². The summed E-state index contributed by atoms with van der Waals surface area (Å²) >= 11 is 0. The fraction of sp³-hybridized carbons (Fsp3) is 0.571. The van der Waals surface area contributed by atoms with Gasteiger partial charge in [0.05, 0.1) is 13.2 Å². The zero-order valence-corrected chi connectivity index (χ0v) is 14.4. The Bertz CT molecular complexity index is 449. The molecule has 112 valence electrons. The number of nitrogens with two attached hydrogens (primary N) is 1. The van der Waals surface area contributed by atoms with E-state index in [1.165, 1.54) is 12.8 Å². The Labute approximate surface area is 137 Å². The van der Waals surface area contributed by atoms with Gasteiger partial charge >= 0.3 is 0 Å². The second kappa shape index (κ2) is 8.28. The highest BCUT2D eigenvalue weighted by molar-refractivity contribution is 14.0. The van der Waals surface area contributed by atoms with Crippen LogP contribution >= 0.6 is 24.0 Å². The molecule has 1 aromatic rings. The van der Waals surface area contributed by atoms with Gasteiger partial charge in [-0.2, -0.15) is 0 Å². The molecule has 2 rings (SSSR count). The van der Waals surface area contributed by atoms with Crippen LogP contribution in [0.1, 0.15) is 31.7 Å². The standard InChI is InChI=1S/C14H22N4O.HI/c1-3-9-19-13-11(5-4-8-16-13)10-17-14(15)18(2)12-6-7-12;/h4-5,8,12H,3,6-7,9-10H2,1-2H3,(H2,15,17);1H. The molecule has 0 atom stereocenters. The van der Waals surface area contributed by atoms with Crippen molar-refractivity contribution in [3.05, 3.63) is 23.9 Å². The first-order chi connectivity index (χ1) is 9.22. The number of rotatable bonds is 6. The predicted molar refractivity (Wildman–Crippen MR) is 91.5 cm³/mol. The lowest BCUT2D eigenvalue weighted by atomic mass is 10.3. The molecule has 2 N–H and O–H groups in total. The maximum absolute atomic E-state index is 5.97. The third kappa shape index (κ3) is 4.81. The van der Waals surface area contributed by atoms with Crippen molar-refractivity contribution in [1.82, 2.24) is 9.88 Å². The van der Waals surface area contributed by atoms with Crippen molar-refractivity contribution in [2.24, 2.45) is 10.7 Å². The topological polar surface area (TPSA) is 63.7 Å². The van der Waals surface area contributed by atoms with Crippen molar-refractivity contribution in [3.63, 3.8) is 0 Å². The fourth-order valence-corrected chi connectivity index (χ4v) is 1.80. The summed E-state index contributed by atoms with van der Waals surface area (Å²) in [4.78, 5) is 10.7. The molecule has 0 aromatic carbocycles. The van der Waals surface area contributed by atoms with Crippen molar-refractivity contribution < 1.29 is 4.74 Å². The first kappa shape index (κ1) is 17.0. The lowest BCUT2D eigenvalue weighted by Gasteiger charge is -2.17. The van der Waals surface area contributed by atoms with Crippen molar-refractivity contribution in [2.75, 3.05) is 13.7 Å². The van der Waals surface area contributed by atoms with Crippen LogP contribution in [0.3, 0.4) is 0 Å². The van der Waals surface area contributed by atoms with E-state index in [1.807, 2.05) is 24.1 Å². The Morgan fingerprint density at radius 1 is 1.55 bits per heavy atom. The zero-order chi connectivity index (χ0) is 13.7. The third-order valence-corrected chi connectivity index (χ3v) is 3.16. The van der Waals surface area contributed by atoms with Crippen molar-refractivity contribution in [3.8, 4) is 5.88 Å². The van der Waals surface area contributed by atoms with Gasteiger partial charge in [-0.15, -0.1) is 24.0 Å². The normalized spacial score (nSPS) is 14.6. The van der Waals surface area contributed by atoms with Gasteiger partial charge in [-0.25, -0.2) is 9.98 Å². The van der Waals surface area contributed by atoms with Crippen LogP contribution in [0.15, 0.2) is 23.3 Å². The summed E-state index contributed by atoms with van der Waals surface area (Å²) in [7, 11) is 1.99. The SMILES string of the molecule is CCCOc1ncccc1CN=C(N)N(C)C1CC1.I. The van der Waals surface area contributed by atoms with Crippen molar-refractivity contribution in [1.29, 1.82) is 0 Å². The highest BCUT2D eigenvalue weighted by Crippen LogP contribution is 2.25. The summed E-state index contributed by atoms with van der Waals surface area (Å²) in [5.74, 6) is 1.25. The minimum absolute atomic E-state index is 0. The van der Waals surface area contributed by atoms with Gasteiger partial charge < -0.3 is 15.4 Å². The second-order valence-corrected chi connectivity index (χ2v) is 4.83. The number of ether oxygens (including phenoxy) is 1. The van der Waals surface area contributed by atoms with Gasteiger partial charge in [0.15, 0.2) is 5.96 Å². The van der Waals surface area contributed by atoms with Gasteiger partial charge in [-0.05, 0) is 25.3 Å². The van der Waals surface area contributed by atoms with Crippen LogP contribution in [0.4, 0.5) is 0 Å². The molecule has 0 bridgehead atoms. The van der Waals surface area contributed by atoms with Crippen LogP contribution in [-0.2, 0) is 6.54 Å². The summed E-state index contributed by atoms with van der Waals surface area (Å²) in [6.45, 7) is 3.25. The monoisotopic (exact) mass is 390 g/mol. The highest BCUT2D eigenvalue weighted by atomic mass is 127. The molecule has 1 fully saturated rings. The zero-order valence-electron chi connectivity index (χ0n) is 12.1. The van der Waals surface area contributed by atoms with E-state index in [2.05, 4.69) is 16.9 Å². The number of guanidine groups is 1. The molecular weight excluding hydrogens is 367 g/mol. The van der Waals surface area contributed by atoms with E-state index in [4.69, 9.17) is 10.5 Å². The van der Waals surface area contributed by atoms with E-state index in [0.717, 1.165) is 12.0 Å². The molecule has 1 aliphatic rings. The molecule has 1 aromatic heterocycles. The summed E-state index contributed by atoms with van der Waals surface area (Å²) in [5.41, 5.74) is 6.95. The van der Waals surface area contributed by atoms with Gasteiger partial charge in [0, 0.05) is 24.8 Å². The van der Waals surface area contributed by atoms with Gasteiger partial charge in [-0.3, -0.25) is 0 Å². The molecule has 0 aliphatic heterocycles. The van der Waals surface area contributed by atoms with Crippen LogP contribution in [0.2, 0.25) is 0 Å². The average molecular weight is 390 g/mol. The predicted octanol–water partition coefficient (Wildman–Crippen LogP) is 2.40. The number of halogens is 1. The maximum atomic E-state index is 5.97. The summed E-state index contributed by atoms with van der Waals surface area (Å²) in [5, 5.41) is 0.